The molecule has 32 heavy (non-hydrogen) atoms. The molecule has 0 bridgehead atoms. The molecule has 1 saturated heterocycles. The van der Waals surface area contributed by atoms with Crippen LogP contribution in [-0.2, 0) is 24.9 Å². The molecule has 11 heteroatoms. The number of benzene rings is 1. The summed E-state index contributed by atoms with van der Waals surface area (Å²) in [6.45, 7) is 7.09. The van der Waals surface area contributed by atoms with Crippen molar-refractivity contribution in [3.05, 3.63) is 54.6 Å². The summed E-state index contributed by atoms with van der Waals surface area (Å²) in [7, 11) is 1.61. The molecule has 0 amide bonds. The van der Waals surface area contributed by atoms with Crippen molar-refractivity contribution in [1.29, 1.82) is 0 Å². The number of piperazine rings is 1. The van der Waals surface area contributed by atoms with Gasteiger partial charge in [-0.3, -0.25) is 19.2 Å². The third kappa shape index (κ3) is 4.43. The summed E-state index contributed by atoms with van der Waals surface area (Å²) in [6, 6.07) is 5.54. The van der Waals surface area contributed by atoms with E-state index >= 15 is 0 Å². The van der Waals surface area contributed by atoms with E-state index in [-0.39, 0.29) is 0 Å². The number of imidazole rings is 1. The predicted octanol–water partition coefficient (Wildman–Crippen LogP) is 2.09. The van der Waals surface area contributed by atoms with Crippen LogP contribution < -0.4 is 16.1 Å². The first-order valence-corrected chi connectivity index (χ1v) is 11.3. The fourth-order valence-electron chi connectivity index (χ4n) is 3.99. The lowest BCUT2D eigenvalue weighted by atomic mass is 10.2. The van der Waals surface area contributed by atoms with Gasteiger partial charge in [0.25, 0.3) is 5.56 Å². The number of halogens is 2. The third-order valence-electron chi connectivity index (χ3n) is 5.75. The second-order valence-corrected chi connectivity index (χ2v) is 8.53. The molecule has 9 nitrogen and oxygen atoms in total. The monoisotopic (exact) mass is 480 g/mol. The Morgan fingerprint density at radius 1 is 1.12 bits per heavy atom. The second kappa shape index (κ2) is 9.66. The van der Waals surface area contributed by atoms with Gasteiger partial charge < -0.3 is 14.2 Å². The number of H-pyrrole nitrogens is 1. The lowest BCUT2D eigenvalue weighted by Gasteiger charge is -2.35. The minimum absolute atomic E-state index is 0.371. The van der Waals surface area contributed by atoms with Gasteiger partial charge in [-0.2, -0.15) is 4.98 Å². The summed E-state index contributed by atoms with van der Waals surface area (Å²) in [6.07, 6.45) is 0. The van der Waals surface area contributed by atoms with Gasteiger partial charge in [-0.1, -0.05) is 29.3 Å². The second-order valence-electron chi connectivity index (χ2n) is 7.71. The molecule has 172 valence electrons. The maximum Gasteiger partial charge on any atom is 0.329 e. The minimum atomic E-state index is -0.482. The maximum absolute atomic E-state index is 12.6. The molecule has 1 aliphatic rings. The first kappa shape index (κ1) is 22.8. The van der Waals surface area contributed by atoms with Crippen molar-refractivity contribution in [3.63, 3.8) is 0 Å². The highest BCUT2D eigenvalue weighted by atomic mass is 35.5. The maximum atomic E-state index is 12.6. The summed E-state index contributed by atoms with van der Waals surface area (Å²) < 4.78 is 8.74. The Kier molecular flexibility index (Phi) is 6.90. The zero-order valence-corrected chi connectivity index (χ0v) is 19.6. The molecule has 1 aromatic carbocycles. The Morgan fingerprint density at radius 2 is 1.81 bits per heavy atom. The molecule has 3 aromatic rings. The van der Waals surface area contributed by atoms with E-state index in [1.54, 1.807) is 7.05 Å². The SMILES string of the molecule is CCOCCn1c(N2CCN(Cc3c(Cl)cccc3Cl)CC2)nc2c1c(=O)[nH]c(=O)n2C. The van der Waals surface area contributed by atoms with Crippen molar-refractivity contribution in [3.8, 4) is 0 Å². The lowest BCUT2D eigenvalue weighted by molar-refractivity contribution is 0.140. The minimum Gasteiger partial charge on any atom is -0.380 e. The number of nitrogens with one attached hydrogen (secondary N) is 1. The molecule has 1 aliphatic heterocycles. The van der Waals surface area contributed by atoms with Gasteiger partial charge in [-0.05, 0) is 19.1 Å². The highest BCUT2D eigenvalue weighted by molar-refractivity contribution is 6.35. The van der Waals surface area contributed by atoms with Crippen LogP contribution >= 0.6 is 23.2 Å². The van der Waals surface area contributed by atoms with Crippen molar-refractivity contribution >= 4 is 40.3 Å². The van der Waals surface area contributed by atoms with Crippen LogP contribution in [0.4, 0.5) is 5.95 Å². The Labute approximate surface area is 195 Å². The van der Waals surface area contributed by atoms with Crippen molar-refractivity contribution < 1.29 is 4.74 Å². The average molecular weight is 481 g/mol. The molecule has 0 unspecified atom stereocenters. The van der Waals surface area contributed by atoms with Gasteiger partial charge in [0, 0.05) is 68.5 Å². The van der Waals surface area contributed by atoms with Crippen molar-refractivity contribution in [1.82, 2.24) is 24.0 Å². The number of rotatable bonds is 7. The Bertz CT molecular complexity index is 1210. The predicted molar refractivity (Wildman–Crippen MR) is 126 cm³/mol. The fourth-order valence-corrected chi connectivity index (χ4v) is 4.51. The summed E-state index contributed by atoms with van der Waals surface area (Å²) >= 11 is 12.7. The zero-order chi connectivity index (χ0) is 22.8. The van der Waals surface area contributed by atoms with Crippen molar-refractivity contribution in [2.75, 3.05) is 44.3 Å². The number of nitrogens with zero attached hydrogens (tertiary/aromatic N) is 5. The van der Waals surface area contributed by atoms with Gasteiger partial charge in [-0.15, -0.1) is 0 Å². The quantitative estimate of drug-likeness (QED) is 0.520. The Balaban J connectivity index is 1.59. The van der Waals surface area contributed by atoms with Crippen LogP contribution in [0.25, 0.3) is 11.2 Å². The molecule has 1 fully saturated rings. The molecule has 4 rings (SSSR count). The highest BCUT2D eigenvalue weighted by Gasteiger charge is 2.25. The van der Waals surface area contributed by atoms with Crippen molar-refractivity contribution in [2.45, 2.75) is 20.0 Å². The molecule has 0 aliphatic carbocycles. The first-order valence-electron chi connectivity index (χ1n) is 10.6. The van der Waals surface area contributed by atoms with Crippen LogP contribution in [0.1, 0.15) is 12.5 Å². The summed E-state index contributed by atoms with van der Waals surface area (Å²) in [4.78, 5) is 36.2. The topological polar surface area (TPSA) is 88.4 Å². The van der Waals surface area contributed by atoms with Gasteiger partial charge in [0.2, 0.25) is 5.95 Å². The van der Waals surface area contributed by atoms with E-state index in [2.05, 4.69) is 19.8 Å². The molecule has 0 atom stereocenters. The fraction of sp³-hybridized carbons (Fsp3) is 0.476. The highest BCUT2D eigenvalue weighted by Crippen LogP contribution is 2.27. The first-order chi connectivity index (χ1) is 15.4. The average Bonchev–Trinajstić information content (AvgIpc) is 3.16. The van der Waals surface area contributed by atoms with Crippen LogP contribution in [0.3, 0.4) is 0 Å². The molecule has 2 aromatic heterocycles. The van der Waals surface area contributed by atoms with Gasteiger partial charge >= 0.3 is 5.69 Å². The molecule has 1 N–H and O–H groups in total. The normalized spacial score (nSPS) is 15.1. The number of aromatic amines is 1. The zero-order valence-electron chi connectivity index (χ0n) is 18.1. The number of fused-ring (bicyclic) bond motifs is 1. The number of hydrogen-bond donors (Lipinski definition) is 1. The van der Waals surface area contributed by atoms with E-state index in [4.69, 9.17) is 27.9 Å². The Morgan fingerprint density at radius 3 is 2.47 bits per heavy atom. The number of ether oxygens (including phenoxy) is 1. The third-order valence-corrected chi connectivity index (χ3v) is 6.46. The molecular weight excluding hydrogens is 455 g/mol. The molecular formula is C21H26Cl2N6O3. The van der Waals surface area contributed by atoms with E-state index in [0.717, 1.165) is 18.7 Å². The summed E-state index contributed by atoms with van der Waals surface area (Å²) in [5.41, 5.74) is 0.757. The number of aryl methyl sites for hydroxylation is 1. The molecule has 0 radical (unpaired) electrons. The van der Waals surface area contributed by atoms with Crippen molar-refractivity contribution in [2.24, 2.45) is 7.05 Å². The number of aromatic nitrogens is 4. The van der Waals surface area contributed by atoms with Crippen LogP contribution in [0.5, 0.6) is 0 Å². The van der Waals surface area contributed by atoms with E-state index in [0.29, 0.717) is 66.6 Å². The summed E-state index contributed by atoms with van der Waals surface area (Å²) in [5.74, 6) is 0.668. The van der Waals surface area contributed by atoms with Gasteiger partial charge in [0.1, 0.15) is 0 Å². The number of hydrogen-bond acceptors (Lipinski definition) is 6. The smallest absolute Gasteiger partial charge is 0.329 e. The van der Waals surface area contributed by atoms with Crippen LogP contribution in [0, 0.1) is 0 Å². The number of anilines is 1. The van der Waals surface area contributed by atoms with E-state index in [1.165, 1.54) is 4.57 Å². The molecule has 0 saturated carbocycles. The van der Waals surface area contributed by atoms with Crippen LogP contribution in [0.15, 0.2) is 27.8 Å². The van der Waals surface area contributed by atoms with Gasteiger partial charge in [-0.25, -0.2) is 4.79 Å². The summed E-state index contributed by atoms with van der Waals surface area (Å²) in [5, 5.41) is 1.33. The molecule has 3 heterocycles. The van der Waals surface area contributed by atoms with E-state index < -0.39 is 11.2 Å². The van der Waals surface area contributed by atoms with Crippen LogP contribution in [0.2, 0.25) is 10.0 Å². The van der Waals surface area contributed by atoms with Gasteiger partial charge in [0.05, 0.1) is 6.61 Å². The Hall–Kier alpha value is -2.33. The standard InChI is InChI=1S/C21H26Cl2N6O3/c1-3-32-12-11-29-17-18(26(2)21(31)25-19(17)30)24-20(29)28-9-7-27(8-10-28)13-14-15(22)5-4-6-16(14)23/h4-6H,3,7-13H2,1-2H3,(H,25,30,31). The van der Waals surface area contributed by atoms with Gasteiger partial charge in [0.15, 0.2) is 11.2 Å². The van der Waals surface area contributed by atoms with E-state index in [9.17, 15) is 9.59 Å². The van der Waals surface area contributed by atoms with Crippen LogP contribution in [-0.4, -0.2) is 63.4 Å². The lowest BCUT2D eigenvalue weighted by Crippen LogP contribution is -2.47. The molecule has 0 spiro atoms. The van der Waals surface area contributed by atoms with E-state index in [1.807, 2.05) is 29.7 Å². The largest absolute Gasteiger partial charge is 0.380 e.